The van der Waals surface area contributed by atoms with E-state index in [1.165, 1.54) is 7.11 Å². The lowest BCUT2D eigenvalue weighted by Crippen LogP contribution is -2.14. The molecule has 1 heterocycles. The van der Waals surface area contributed by atoms with Crippen molar-refractivity contribution in [3.63, 3.8) is 0 Å². The van der Waals surface area contributed by atoms with E-state index in [9.17, 15) is 0 Å². The van der Waals surface area contributed by atoms with Crippen LogP contribution in [0.4, 0.5) is 0 Å². The topological polar surface area (TPSA) is 94.4 Å². The highest BCUT2D eigenvalue weighted by Crippen LogP contribution is 2.30. The van der Waals surface area contributed by atoms with Crippen LogP contribution in [-0.2, 0) is 0 Å². The van der Waals surface area contributed by atoms with Crippen LogP contribution in [0, 0.1) is 0 Å². The van der Waals surface area contributed by atoms with Crippen molar-refractivity contribution in [2.24, 2.45) is 5.73 Å². The maximum absolute atomic E-state index is 8.91. The number of aliphatic hydroxyl groups excluding tert-OH is 1. The van der Waals surface area contributed by atoms with E-state index in [0.717, 1.165) is 0 Å². The Bertz CT molecular complexity index is 544. The molecule has 96 valence electrons. The largest absolute Gasteiger partial charge is 0.496 e. The van der Waals surface area contributed by atoms with E-state index in [1.807, 2.05) is 0 Å². The van der Waals surface area contributed by atoms with Crippen LogP contribution >= 0.6 is 11.6 Å². The number of nitrogens with zero attached hydrogens (tertiary/aromatic N) is 2. The molecule has 2 aromatic rings. The Morgan fingerprint density at radius 2 is 2.33 bits per heavy atom. The summed E-state index contributed by atoms with van der Waals surface area (Å²) >= 11 is 5.86. The van der Waals surface area contributed by atoms with Crippen LogP contribution < -0.4 is 10.5 Å². The van der Waals surface area contributed by atoms with E-state index in [2.05, 4.69) is 10.1 Å². The van der Waals surface area contributed by atoms with E-state index in [-0.39, 0.29) is 12.5 Å². The molecule has 0 spiro atoms. The fourth-order valence-electron chi connectivity index (χ4n) is 1.42. The minimum Gasteiger partial charge on any atom is -0.496 e. The van der Waals surface area contributed by atoms with Gasteiger partial charge in [0.05, 0.1) is 19.3 Å². The highest BCUT2D eigenvalue weighted by atomic mass is 35.5. The van der Waals surface area contributed by atoms with Crippen molar-refractivity contribution in [1.82, 2.24) is 10.1 Å². The quantitative estimate of drug-likeness (QED) is 0.871. The molecule has 0 saturated carbocycles. The van der Waals surface area contributed by atoms with Crippen molar-refractivity contribution in [2.75, 3.05) is 13.7 Å². The second kappa shape index (κ2) is 5.34. The minimum absolute atomic E-state index is 0.171. The molecule has 0 radical (unpaired) electrons. The monoisotopic (exact) mass is 269 g/mol. The lowest BCUT2D eigenvalue weighted by molar-refractivity contribution is 0.237. The number of methoxy groups -OCH3 is 1. The van der Waals surface area contributed by atoms with E-state index in [1.54, 1.807) is 18.2 Å². The molecule has 1 aromatic heterocycles. The van der Waals surface area contributed by atoms with Gasteiger partial charge in [0, 0.05) is 5.02 Å². The van der Waals surface area contributed by atoms with Gasteiger partial charge in [0.15, 0.2) is 0 Å². The molecular weight excluding hydrogens is 258 g/mol. The van der Waals surface area contributed by atoms with Crippen molar-refractivity contribution < 1.29 is 14.4 Å². The van der Waals surface area contributed by atoms with Gasteiger partial charge in [0.25, 0.3) is 0 Å². The summed E-state index contributed by atoms with van der Waals surface area (Å²) in [6.07, 6.45) is 0. The van der Waals surface area contributed by atoms with Crippen LogP contribution in [-0.4, -0.2) is 29.0 Å². The van der Waals surface area contributed by atoms with Crippen molar-refractivity contribution in [3.05, 3.63) is 29.1 Å². The zero-order valence-corrected chi connectivity index (χ0v) is 10.4. The molecule has 6 nitrogen and oxygen atoms in total. The smallest absolute Gasteiger partial charge is 0.246 e. The molecule has 0 saturated heterocycles. The van der Waals surface area contributed by atoms with Gasteiger partial charge in [-0.25, -0.2) is 0 Å². The van der Waals surface area contributed by atoms with Gasteiger partial charge < -0.3 is 20.1 Å². The Hall–Kier alpha value is -1.63. The maximum Gasteiger partial charge on any atom is 0.246 e. The second-order valence-corrected chi connectivity index (χ2v) is 4.03. The fourth-order valence-corrected chi connectivity index (χ4v) is 1.59. The first-order valence-electron chi connectivity index (χ1n) is 5.19. The van der Waals surface area contributed by atoms with Gasteiger partial charge in [-0.1, -0.05) is 16.8 Å². The first kappa shape index (κ1) is 12.8. The second-order valence-electron chi connectivity index (χ2n) is 3.59. The number of nitrogens with two attached hydrogens (primary N) is 1. The Balaban J connectivity index is 2.39. The number of hydrogen-bond donors (Lipinski definition) is 2. The Morgan fingerprint density at radius 1 is 1.56 bits per heavy atom. The van der Waals surface area contributed by atoms with Crippen LogP contribution in [0.25, 0.3) is 11.4 Å². The highest BCUT2D eigenvalue weighted by Gasteiger charge is 2.17. The van der Waals surface area contributed by atoms with Gasteiger partial charge >= 0.3 is 0 Å². The van der Waals surface area contributed by atoms with Gasteiger partial charge in [0.2, 0.25) is 11.7 Å². The molecule has 0 aliphatic carbocycles. The third kappa shape index (κ3) is 2.45. The summed E-state index contributed by atoms with van der Waals surface area (Å²) in [6, 6.07) is 4.38. The van der Waals surface area contributed by atoms with Crippen LogP contribution in [0.2, 0.25) is 5.02 Å². The van der Waals surface area contributed by atoms with Gasteiger partial charge in [-0.15, -0.1) is 0 Å². The Morgan fingerprint density at radius 3 is 3.00 bits per heavy atom. The normalized spacial score (nSPS) is 12.4. The summed E-state index contributed by atoms with van der Waals surface area (Å²) in [7, 11) is 1.52. The summed E-state index contributed by atoms with van der Waals surface area (Å²) in [5, 5.41) is 13.3. The third-order valence-corrected chi connectivity index (χ3v) is 2.60. The average molecular weight is 270 g/mol. The first-order valence-corrected chi connectivity index (χ1v) is 5.57. The summed E-state index contributed by atoms with van der Waals surface area (Å²) < 4.78 is 10.2. The lowest BCUT2D eigenvalue weighted by atomic mass is 10.2. The zero-order valence-electron chi connectivity index (χ0n) is 9.63. The fraction of sp³-hybridized carbons (Fsp3) is 0.273. The SMILES string of the molecule is COc1cc(Cl)ccc1-c1noc([C@H](N)CO)n1. The summed E-state index contributed by atoms with van der Waals surface area (Å²) in [4.78, 5) is 4.10. The number of rotatable bonds is 4. The molecule has 0 aliphatic heterocycles. The molecule has 7 heteroatoms. The first-order chi connectivity index (χ1) is 8.65. The van der Waals surface area contributed by atoms with Crippen molar-refractivity contribution in [2.45, 2.75) is 6.04 Å². The zero-order chi connectivity index (χ0) is 13.1. The predicted octanol–water partition coefficient (Wildman–Crippen LogP) is 1.39. The van der Waals surface area contributed by atoms with Crippen molar-refractivity contribution in [3.8, 4) is 17.1 Å². The van der Waals surface area contributed by atoms with Crippen molar-refractivity contribution >= 4 is 11.6 Å². The molecule has 3 N–H and O–H groups in total. The third-order valence-electron chi connectivity index (χ3n) is 2.36. The summed E-state index contributed by atoms with van der Waals surface area (Å²) in [5.41, 5.74) is 6.22. The number of ether oxygens (including phenoxy) is 1. The summed E-state index contributed by atoms with van der Waals surface area (Å²) in [5.74, 6) is 1.04. The van der Waals surface area contributed by atoms with E-state index in [0.29, 0.717) is 22.2 Å². The molecule has 0 amide bonds. The molecule has 2 rings (SSSR count). The Kier molecular flexibility index (Phi) is 3.81. The van der Waals surface area contributed by atoms with Crippen molar-refractivity contribution in [1.29, 1.82) is 0 Å². The van der Waals surface area contributed by atoms with Crippen LogP contribution in [0.1, 0.15) is 11.9 Å². The molecule has 1 aromatic carbocycles. The lowest BCUT2D eigenvalue weighted by Gasteiger charge is -2.04. The molecular formula is C11H12ClN3O3. The number of hydrogen-bond acceptors (Lipinski definition) is 6. The van der Waals surface area contributed by atoms with E-state index < -0.39 is 6.04 Å². The standard InChI is InChI=1S/C11H12ClN3O3/c1-17-9-4-6(12)2-3-7(9)10-14-11(18-15-10)8(13)5-16/h2-4,8,16H,5,13H2,1H3/t8-/m1/s1. The van der Waals surface area contributed by atoms with Gasteiger partial charge in [-0.2, -0.15) is 4.98 Å². The number of benzene rings is 1. The van der Waals surface area contributed by atoms with E-state index in [4.69, 9.17) is 31.7 Å². The number of halogens is 1. The van der Waals surface area contributed by atoms with Gasteiger partial charge in [-0.3, -0.25) is 0 Å². The van der Waals surface area contributed by atoms with Gasteiger partial charge in [0.1, 0.15) is 11.8 Å². The molecule has 0 unspecified atom stereocenters. The Labute approximate surface area is 108 Å². The molecule has 1 atom stereocenters. The average Bonchev–Trinajstić information content (AvgIpc) is 2.87. The number of aromatic nitrogens is 2. The minimum atomic E-state index is -0.690. The number of aliphatic hydroxyl groups is 1. The molecule has 0 aliphatic rings. The molecule has 0 fully saturated rings. The predicted molar refractivity (Wildman–Crippen MR) is 65.3 cm³/mol. The summed E-state index contributed by atoms with van der Waals surface area (Å²) in [6.45, 7) is -0.264. The molecule has 18 heavy (non-hydrogen) atoms. The van der Waals surface area contributed by atoms with Gasteiger partial charge in [-0.05, 0) is 18.2 Å². The van der Waals surface area contributed by atoms with Crippen LogP contribution in [0.15, 0.2) is 22.7 Å². The van der Waals surface area contributed by atoms with Crippen LogP contribution in [0.3, 0.4) is 0 Å². The highest BCUT2D eigenvalue weighted by molar-refractivity contribution is 6.30. The molecule has 0 bridgehead atoms. The van der Waals surface area contributed by atoms with E-state index >= 15 is 0 Å². The maximum atomic E-state index is 8.91. The van der Waals surface area contributed by atoms with Crippen LogP contribution in [0.5, 0.6) is 5.75 Å².